The van der Waals surface area contributed by atoms with Gasteiger partial charge >= 0.3 is 29.6 Å². The van der Waals surface area contributed by atoms with Crippen molar-refractivity contribution in [3.63, 3.8) is 0 Å². The summed E-state index contributed by atoms with van der Waals surface area (Å²) in [5.74, 6) is -0.936. The van der Waals surface area contributed by atoms with Crippen molar-refractivity contribution in [3.8, 4) is 0 Å². The SMILES string of the molecule is Nc1c(S(=O)(=O)O)cc(NC2CC2)c2c1C(=O)c1ccccc1C2=O.[NaH]. The van der Waals surface area contributed by atoms with Gasteiger partial charge in [-0.15, -0.1) is 0 Å². The van der Waals surface area contributed by atoms with Gasteiger partial charge in [0.15, 0.2) is 11.6 Å². The molecule has 0 aromatic heterocycles. The Morgan fingerprint density at radius 2 is 1.58 bits per heavy atom. The number of hydrogen-bond donors (Lipinski definition) is 3. The molecule has 130 valence electrons. The average Bonchev–Trinajstić information content (AvgIpc) is 3.37. The number of hydrogen-bond acceptors (Lipinski definition) is 6. The monoisotopic (exact) mass is 382 g/mol. The van der Waals surface area contributed by atoms with Crippen LogP contribution in [0.2, 0.25) is 0 Å². The zero-order chi connectivity index (χ0) is 17.9. The summed E-state index contributed by atoms with van der Waals surface area (Å²) >= 11 is 0. The minimum atomic E-state index is -4.65. The number of carbonyl (C=O) groups excluding carboxylic acids is 2. The van der Waals surface area contributed by atoms with Crippen molar-refractivity contribution >= 4 is 62.6 Å². The van der Waals surface area contributed by atoms with Crippen LogP contribution in [0.4, 0.5) is 11.4 Å². The number of fused-ring (bicyclic) bond motifs is 2. The molecule has 1 saturated carbocycles. The Kier molecular flexibility index (Phi) is 4.74. The number of nitrogens with two attached hydrogens (primary N) is 1. The van der Waals surface area contributed by atoms with E-state index in [0.717, 1.165) is 18.9 Å². The molecule has 0 aliphatic heterocycles. The molecule has 9 heteroatoms. The molecule has 7 nitrogen and oxygen atoms in total. The first kappa shape index (κ1) is 19.1. The van der Waals surface area contributed by atoms with Gasteiger partial charge in [0.25, 0.3) is 10.1 Å². The molecule has 0 unspecified atom stereocenters. The summed E-state index contributed by atoms with van der Waals surface area (Å²) < 4.78 is 32.8. The molecular weight excluding hydrogens is 367 g/mol. The predicted molar refractivity (Wildman–Crippen MR) is 97.8 cm³/mol. The van der Waals surface area contributed by atoms with E-state index in [4.69, 9.17) is 5.73 Å². The van der Waals surface area contributed by atoms with E-state index in [1.165, 1.54) is 6.07 Å². The van der Waals surface area contributed by atoms with Crippen LogP contribution in [0.1, 0.15) is 44.7 Å². The van der Waals surface area contributed by atoms with Gasteiger partial charge < -0.3 is 11.1 Å². The van der Waals surface area contributed by atoms with Crippen molar-refractivity contribution < 1.29 is 22.6 Å². The molecule has 1 fully saturated rings. The Bertz CT molecular complexity index is 1060. The maximum absolute atomic E-state index is 12.9. The standard InChI is InChI=1S/C17H14N2O5S.Na.H/c18-15-12(25(22,23)24)7-11(19-8-5-6-8)13-14(15)17(21)10-4-2-1-3-9(10)16(13)20;;/h1-4,7-8,19H,5-6,18H2,(H,22,23,24);;. The molecule has 2 aromatic carbocycles. The van der Waals surface area contributed by atoms with Gasteiger partial charge in [0, 0.05) is 22.9 Å². The van der Waals surface area contributed by atoms with Crippen LogP contribution in [0.25, 0.3) is 0 Å². The molecule has 4 N–H and O–H groups in total. The Labute approximate surface area is 172 Å². The summed E-state index contributed by atoms with van der Waals surface area (Å²) in [7, 11) is -4.65. The number of nitrogens with one attached hydrogen (secondary N) is 1. The van der Waals surface area contributed by atoms with Gasteiger partial charge in [-0.05, 0) is 18.9 Å². The molecule has 2 aliphatic carbocycles. The van der Waals surface area contributed by atoms with Crippen molar-refractivity contribution in [1.82, 2.24) is 0 Å². The van der Waals surface area contributed by atoms with E-state index in [9.17, 15) is 22.6 Å². The second-order valence-corrected chi connectivity index (χ2v) is 7.57. The molecular formula is C17H15N2NaO5S. The van der Waals surface area contributed by atoms with Crippen LogP contribution >= 0.6 is 0 Å². The van der Waals surface area contributed by atoms with E-state index in [1.54, 1.807) is 18.2 Å². The molecule has 0 spiro atoms. The molecule has 0 amide bonds. The van der Waals surface area contributed by atoms with Gasteiger partial charge in [-0.1, -0.05) is 24.3 Å². The third-order valence-corrected chi connectivity index (χ3v) is 5.31. The van der Waals surface area contributed by atoms with Crippen LogP contribution in [-0.4, -0.2) is 60.1 Å². The van der Waals surface area contributed by atoms with Crippen LogP contribution in [-0.2, 0) is 10.1 Å². The van der Waals surface area contributed by atoms with Gasteiger partial charge in [-0.25, -0.2) is 0 Å². The summed E-state index contributed by atoms with van der Waals surface area (Å²) in [5, 5.41) is 3.06. The second-order valence-electron chi connectivity index (χ2n) is 6.18. The zero-order valence-corrected chi connectivity index (χ0v) is 13.8. The van der Waals surface area contributed by atoms with Gasteiger partial charge in [0.05, 0.1) is 16.8 Å². The number of carbonyl (C=O) groups is 2. The number of benzene rings is 2. The molecule has 2 aromatic rings. The summed E-state index contributed by atoms with van der Waals surface area (Å²) in [4.78, 5) is 25.2. The number of nitrogen functional groups attached to an aromatic ring is 1. The molecule has 2 aliphatic rings. The van der Waals surface area contributed by atoms with Crippen LogP contribution in [0.5, 0.6) is 0 Å². The first-order chi connectivity index (χ1) is 11.8. The van der Waals surface area contributed by atoms with Crippen LogP contribution < -0.4 is 11.1 Å². The van der Waals surface area contributed by atoms with Crippen LogP contribution in [0, 0.1) is 0 Å². The molecule has 4 rings (SSSR count). The molecule has 0 saturated heterocycles. The fourth-order valence-electron chi connectivity index (χ4n) is 3.07. The number of rotatable bonds is 3. The second kappa shape index (κ2) is 6.47. The van der Waals surface area contributed by atoms with E-state index in [0.29, 0.717) is 0 Å². The Morgan fingerprint density at radius 1 is 1.04 bits per heavy atom. The van der Waals surface area contributed by atoms with Crippen LogP contribution in [0.3, 0.4) is 0 Å². The van der Waals surface area contributed by atoms with Crippen molar-refractivity contribution in [2.24, 2.45) is 0 Å². The van der Waals surface area contributed by atoms with E-state index < -0.39 is 32.3 Å². The fourth-order valence-corrected chi connectivity index (χ4v) is 3.72. The van der Waals surface area contributed by atoms with Gasteiger partial charge in [-0.3, -0.25) is 14.1 Å². The van der Waals surface area contributed by atoms with Crippen molar-refractivity contribution in [2.45, 2.75) is 23.8 Å². The Morgan fingerprint density at radius 3 is 2.08 bits per heavy atom. The summed E-state index contributed by atoms with van der Waals surface area (Å²) in [6.45, 7) is 0. The third kappa shape index (κ3) is 2.97. The number of ketones is 2. The minimum absolute atomic E-state index is 0. The summed E-state index contributed by atoms with van der Waals surface area (Å²) in [6, 6.07) is 7.53. The maximum atomic E-state index is 12.9. The average molecular weight is 382 g/mol. The molecule has 26 heavy (non-hydrogen) atoms. The van der Waals surface area contributed by atoms with Gasteiger partial charge in [0.1, 0.15) is 4.90 Å². The Balaban J connectivity index is 0.00000196. The van der Waals surface area contributed by atoms with Crippen molar-refractivity contribution in [3.05, 3.63) is 52.6 Å². The first-order valence-electron chi connectivity index (χ1n) is 7.68. The first-order valence-corrected chi connectivity index (χ1v) is 9.12. The van der Waals surface area contributed by atoms with Gasteiger partial charge in [-0.2, -0.15) is 8.42 Å². The summed E-state index contributed by atoms with van der Waals surface area (Å²) in [6.07, 6.45) is 1.75. The van der Waals surface area contributed by atoms with E-state index in [2.05, 4.69) is 5.32 Å². The van der Waals surface area contributed by atoms with E-state index in [-0.39, 0.29) is 63.5 Å². The van der Waals surface area contributed by atoms with Crippen LogP contribution in [0.15, 0.2) is 35.2 Å². The zero-order valence-electron chi connectivity index (χ0n) is 12.9. The van der Waals surface area contributed by atoms with Gasteiger partial charge in [0.2, 0.25) is 0 Å². The van der Waals surface area contributed by atoms with Crippen molar-refractivity contribution in [2.75, 3.05) is 11.1 Å². The summed E-state index contributed by atoms with van der Waals surface area (Å²) in [5.41, 5.74) is 5.95. The quantitative estimate of drug-likeness (QED) is 0.353. The molecule has 0 heterocycles. The topological polar surface area (TPSA) is 127 Å². The Hall–Kier alpha value is -1.71. The normalized spacial score (nSPS) is 15.7. The molecule has 0 bridgehead atoms. The molecule has 0 radical (unpaired) electrons. The third-order valence-electron chi connectivity index (χ3n) is 4.41. The number of anilines is 2. The fraction of sp³-hybridized carbons (Fsp3) is 0.176. The molecule has 0 atom stereocenters. The van der Waals surface area contributed by atoms with Crippen molar-refractivity contribution in [1.29, 1.82) is 0 Å². The van der Waals surface area contributed by atoms with E-state index in [1.807, 2.05) is 0 Å². The van der Waals surface area contributed by atoms with E-state index >= 15 is 0 Å². The predicted octanol–water partition coefficient (Wildman–Crippen LogP) is 1.22.